The number of hydrogen-bond acceptors (Lipinski definition) is 1. The lowest BCUT2D eigenvalue weighted by molar-refractivity contribution is 0.284. The fraction of sp³-hybridized carbons (Fsp3) is 0.333. The van der Waals surface area contributed by atoms with E-state index in [2.05, 4.69) is 37.3 Å². The van der Waals surface area contributed by atoms with Crippen LogP contribution in [0.25, 0.3) is 5.76 Å². The molecule has 1 heteroatoms. The molecule has 1 nitrogen and oxygen atoms in total. The number of hydrogen-bond donors (Lipinski definition) is 0. The summed E-state index contributed by atoms with van der Waals surface area (Å²) in [6.07, 6.45) is 4.46. The van der Waals surface area contributed by atoms with Crippen molar-refractivity contribution in [3.63, 3.8) is 0 Å². The van der Waals surface area contributed by atoms with E-state index in [0.717, 1.165) is 18.8 Å². The van der Waals surface area contributed by atoms with Gasteiger partial charge in [0.05, 0.1) is 0 Å². The summed E-state index contributed by atoms with van der Waals surface area (Å²) in [7, 11) is 0. The Hall–Kier alpha value is -1.24. The Morgan fingerprint density at radius 1 is 1.38 bits per heavy atom. The maximum atomic E-state index is 5.59. The van der Waals surface area contributed by atoms with Crippen LogP contribution in [-0.2, 0) is 11.3 Å². The highest BCUT2D eigenvalue weighted by molar-refractivity contribution is 5.65. The summed E-state index contributed by atoms with van der Waals surface area (Å²) in [5.41, 5.74) is 2.58. The molecule has 0 fully saturated rings. The molecule has 13 heavy (non-hydrogen) atoms. The second-order valence-corrected chi connectivity index (χ2v) is 3.30. The SMILES string of the molecule is CCCC=C1OCc2ccccc21. The van der Waals surface area contributed by atoms with Gasteiger partial charge in [0, 0.05) is 11.1 Å². The zero-order chi connectivity index (χ0) is 9.10. The highest BCUT2D eigenvalue weighted by atomic mass is 16.5. The molecule has 0 aromatic heterocycles. The van der Waals surface area contributed by atoms with Crippen molar-refractivity contribution in [1.29, 1.82) is 0 Å². The highest BCUT2D eigenvalue weighted by Gasteiger charge is 2.15. The van der Waals surface area contributed by atoms with Gasteiger partial charge in [-0.15, -0.1) is 0 Å². The Bertz CT molecular complexity index is 326. The van der Waals surface area contributed by atoms with Crippen LogP contribution in [0.3, 0.4) is 0 Å². The van der Waals surface area contributed by atoms with E-state index in [9.17, 15) is 0 Å². The Labute approximate surface area is 79.0 Å². The summed E-state index contributed by atoms with van der Waals surface area (Å²) >= 11 is 0. The van der Waals surface area contributed by atoms with Crippen molar-refractivity contribution in [2.24, 2.45) is 0 Å². The second-order valence-electron chi connectivity index (χ2n) is 3.30. The maximum absolute atomic E-state index is 5.59. The predicted octanol–water partition coefficient (Wildman–Crippen LogP) is 3.36. The third-order valence-electron chi connectivity index (χ3n) is 2.28. The summed E-state index contributed by atoms with van der Waals surface area (Å²) < 4.78 is 5.59. The van der Waals surface area contributed by atoms with E-state index in [1.54, 1.807) is 0 Å². The Morgan fingerprint density at radius 3 is 3.08 bits per heavy atom. The molecule has 2 rings (SSSR count). The molecule has 68 valence electrons. The average molecular weight is 174 g/mol. The minimum Gasteiger partial charge on any atom is -0.489 e. The van der Waals surface area contributed by atoms with Crippen LogP contribution in [0.15, 0.2) is 30.3 Å². The molecule has 1 aliphatic rings. The molecule has 1 heterocycles. The number of ether oxygens (including phenoxy) is 1. The van der Waals surface area contributed by atoms with E-state index in [1.165, 1.54) is 17.5 Å². The van der Waals surface area contributed by atoms with Crippen molar-refractivity contribution in [2.45, 2.75) is 26.4 Å². The van der Waals surface area contributed by atoms with Crippen LogP contribution < -0.4 is 0 Å². The number of fused-ring (bicyclic) bond motifs is 1. The summed E-state index contributed by atoms with van der Waals surface area (Å²) in [5.74, 6) is 1.07. The Morgan fingerprint density at radius 2 is 2.23 bits per heavy atom. The molecule has 0 N–H and O–H groups in total. The largest absolute Gasteiger partial charge is 0.489 e. The molecule has 0 atom stereocenters. The summed E-state index contributed by atoms with van der Waals surface area (Å²) in [6, 6.07) is 8.38. The van der Waals surface area contributed by atoms with E-state index < -0.39 is 0 Å². The lowest BCUT2D eigenvalue weighted by Crippen LogP contribution is -1.79. The monoisotopic (exact) mass is 174 g/mol. The van der Waals surface area contributed by atoms with E-state index in [0.29, 0.717) is 0 Å². The van der Waals surface area contributed by atoms with Crippen LogP contribution in [0.4, 0.5) is 0 Å². The number of unbranched alkanes of at least 4 members (excludes halogenated alkanes) is 1. The van der Waals surface area contributed by atoms with Gasteiger partial charge < -0.3 is 4.74 Å². The van der Waals surface area contributed by atoms with E-state index in [1.807, 2.05) is 0 Å². The predicted molar refractivity (Wildman–Crippen MR) is 54.1 cm³/mol. The molecule has 0 bridgehead atoms. The van der Waals surface area contributed by atoms with E-state index >= 15 is 0 Å². The molecule has 0 spiro atoms. The molecule has 1 aromatic rings. The fourth-order valence-electron chi connectivity index (χ4n) is 1.56. The summed E-state index contributed by atoms with van der Waals surface area (Å²) in [6.45, 7) is 2.92. The first-order valence-electron chi connectivity index (χ1n) is 4.83. The molecular formula is C12H14O. The van der Waals surface area contributed by atoms with Gasteiger partial charge in [0.2, 0.25) is 0 Å². The standard InChI is InChI=1S/C12H14O/c1-2-3-8-12-11-7-5-4-6-10(11)9-13-12/h4-8H,2-3,9H2,1H3. The molecule has 0 unspecified atom stereocenters. The van der Waals surface area contributed by atoms with Crippen LogP contribution >= 0.6 is 0 Å². The van der Waals surface area contributed by atoms with E-state index in [4.69, 9.17) is 4.74 Å². The Kier molecular flexibility index (Phi) is 2.35. The minimum atomic E-state index is 0.742. The summed E-state index contributed by atoms with van der Waals surface area (Å²) in [5, 5.41) is 0. The first-order valence-corrected chi connectivity index (χ1v) is 4.83. The van der Waals surface area contributed by atoms with Gasteiger partial charge in [-0.1, -0.05) is 37.6 Å². The van der Waals surface area contributed by atoms with Gasteiger partial charge in [0.1, 0.15) is 12.4 Å². The zero-order valence-electron chi connectivity index (χ0n) is 7.92. The first kappa shape index (κ1) is 8.36. The number of benzene rings is 1. The fourth-order valence-corrected chi connectivity index (χ4v) is 1.56. The van der Waals surface area contributed by atoms with Crippen LogP contribution in [0.2, 0.25) is 0 Å². The maximum Gasteiger partial charge on any atom is 0.123 e. The Balaban J connectivity index is 2.28. The van der Waals surface area contributed by atoms with Crippen molar-refractivity contribution in [1.82, 2.24) is 0 Å². The van der Waals surface area contributed by atoms with Gasteiger partial charge in [-0.05, 0) is 12.5 Å². The molecule has 0 amide bonds. The summed E-state index contributed by atoms with van der Waals surface area (Å²) in [4.78, 5) is 0. The van der Waals surface area contributed by atoms with Crippen molar-refractivity contribution in [3.8, 4) is 0 Å². The normalized spacial score (nSPS) is 17.2. The average Bonchev–Trinajstić information content (AvgIpc) is 2.58. The van der Waals surface area contributed by atoms with Gasteiger partial charge in [0.15, 0.2) is 0 Å². The van der Waals surface area contributed by atoms with Gasteiger partial charge in [-0.25, -0.2) is 0 Å². The smallest absolute Gasteiger partial charge is 0.123 e. The first-order chi connectivity index (χ1) is 6.42. The molecule has 0 saturated heterocycles. The van der Waals surface area contributed by atoms with Gasteiger partial charge in [-0.2, -0.15) is 0 Å². The molecule has 1 aliphatic heterocycles. The second kappa shape index (κ2) is 3.65. The number of allylic oxidation sites excluding steroid dienone is 1. The molecule has 0 aliphatic carbocycles. The lowest BCUT2D eigenvalue weighted by Gasteiger charge is -1.98. The highest BCUT2D eigenvalue weighted by Crippen LogP contribution is 2.29. The van der Waals surface area contributed by atoms with E-state index in [-0.39, 0.29) is 0 Å². The quantitative estimate of drug-likeness (QED) is 0.668. The van der Waals surface area contributed by atoms with Crippen LogP contribution in [0, 0.1) is 0 Å². The minimum absolute atomic E-state index is 0.742. The third-order valence-corrected chi connectivity index (χ3v) is 2.28. The topological polar surface area (TPSA) is 9.23 Å². The zero-order valence-corrected chi connectivity index (χ0v) is 7.92. The van der Waals surface area contributed by atoms with Crippen molar-refractivity contribution >= 4 is 5.76 Å². The third kappa shape index (κ3) is 1.59. The molecule has 1 aromatic carbocycles. The van der Waals surface area contributed by atoms with Gasteiger partial charge >= 0.3 is 0 Å². The van der Waals surface area contributed by atoms with Crippen molar-refractivity contribution in [2.75, 3.05) is 0 Å². The van der Waals surface area contributed by atoms with Gasteiger partial charge in [-0.3, -0.25) is 0 Å². The van der Waals surface area contributed by atoms with Crippen molar-refractivity contribution in [3.05, 3.63) is 41.5 Å². The van der Waals surface area contributed by atoms with Crippen molar-refractivity contribution < 1.29 is 4.74 Å². The van der Waals surface area contributed by atoms with Gasteiger partial charge in [0.25, 0.3) is 0 Å². The lowest BCUT2D eigenvalue weighted by atomic mass is 10.1. The molecular weight excluding hydrogens is 160 g/mol. The van der Waals surface area contributed by atoms with Crippen LogP contribution in [0.1, 0.15) is 30.9 Å². The van der Waals surface area contributed by atoms with Crippen LogP contribution in [-0.4, -0.2) is 0 Å². The van der Waals surface area contributed by atoms with Crippen LogP contribution in [0.5, 0.6) is 0 Å². The number of rotatable bonds is 2. The molecule has 0 radical (unpaired) electrons. The molecule has 0 saturated carbocycles.